The summed E-state index contributed by atoms with van der Waals surface area (Å²) in [5.74, 6) is -1.37. The zero-order valence-electron chi connectivity index (χ0n) is 9.81. The number of hydrogen-bond acceptors (Lipinski definition) is 3. The van der Waals surface area contributed by atoms with Gasteiger partial charge in [-0.3, -0.25) is 9.59 Å². The molecule has 1 rings (SSSR count). The van der Waals surface area contributed by atoms with Gasteiger partial charge in [0, 0.05) is 19.7 Å². The molecule has 1 aliphatic rings. The van der Waals surface area contributed by atoms with Crippen molar-refractivity contribution in [1.82, 2.24) is 4.90 Å². The number of nitrogens with zero attached hydrogens (tertiary/aromatic N) is 1. The van der Waals surface area contributed by atoms with Crippen LogP contribution in [0.25, 0.3) is 0 Å². The molecule has 1 fully saturated rings. The van der Waals surface area contributed by atoms with Crippen LogP contribution in [0.15, 0.2) is 0 Å². The molecule has 1 unspecified atom stereocenters. The van der Waals surface area contributed by atoms with Crippen LogP contribution in [0.5, 0.6) is 0 Å². The average molecular weight is 229 g/mol. The molecular formula is C11H19NO4. The Morgan fingerprint density at radius 2 is 2.12 bits per heavy atom. The van der Waals surface area contributed by atoms with E-state index in [0.29, 0.717) is 19.6 Å². The van der Waals surface area contributed by atoms with Gasteiger partial charge in [0.1, 0.15) is 0 Å². The summed E-state index contributed by atoms with van der Waals surface area (Å²) in [7, 11) is 1.55. The summed E-state index contributed by atoms with van der Waals surface area (Å²) in [4.78, 5) is 24.2. The number of carboxylic acid groups (broad SMARTS) is 1. The van der Waals surface area contributed by atoms with Crippen LogP contribution in [0.1, 0.15) is 26.2 Å². The van der Waals surface area contributed by atoms with E-state index in [-0.39, 0.29) is 11.9 Å². The second kappa shape index (κ2) is 5.84. The molecule has 1 amide bonds. The first-order valence-electron chi connectivity index (χ1n) is 5.57. The summed E-state index contributed by atoms with van der Waals surface area (Å²) in [6, 6.07) is 0.256. The Hall–Kier alpha value is -1.10. The molecule has 0 radical (unpaired) electrons. The molecule has 0 bridgehead atoms. The highest BCUT2D eigenvalue weighted by Crippen LogP contribution is 2.28. The third-order valence-corrected chi connectivity index (χ3v) is 2.72. The first-order valence-corrected chi connectivity index (χ1v) is 5.57. The maximum Gasteiger partial charge on any atom is 0.308 e. The van der Waals surface area contributed by atoms with E-state index in [9.17, 15) is 9.59 Å². The van der Waals surface area contributed by atoms with Crippen LogP contribution in [-0.4, -0.2) is 48.2 Å². The van der Waals surface area contributed by atoms with Gasteiger partial charge in [0.25, 0.3) is 0 Å². The summed E-state index contributed by atoms with van der Waals surface area (Å²) in [5.41, 5.74) is 0. The van der Waals surface area contributed by atoms with E-state index < -0.39 is 11.9 Å². The zero-order valence-corrected chi connectivity index (χ0v) is 9.81. The topological polar surface area (TPSA) is 66.8 Å². The van der Waals surface area contributed by atoms with Gasteiger partial charge in [0.05, 0.1) is 18.9 Å². The fraction of sp³-hybridized carbons (Fsp3) is 0.818. The van der Waals surface area contributed by atoms with Crippen molar-refractivity contribution in [3.05, 3.63) is 0 Å². The minimum atomic E-state index is -0.856. The molecule has 0 heterocycles. The van der Waals surface area contributed by atoms with Crippen molar-refractivity contribution in [1.29, 1.82) is 0 Å². The molecule has 0 aromatic heterocycles. The van der Waals surface area contributed by atoms with Crippen molar-refractivity contribution in [3.63, 3.8) is 0 Å². The molecule has 92 valence electrons. The third kappa shape index (κ3) is 3.81. The van der Waals surface area contributed by atoms with E-state index in [1.54, 1.807) is 18.9 Å². The van der Waals surface area contributed by atoms with Gasteiger partial charge in [0.2, 0.25) is 5.91 Å². The smallest absolute Gasteiger partial charge is 0.308 e. The van der Waals surface area contributed by atoms with Crippen LogP contribution in [0.4, 0.5) is 0 Å². The Bertz CT molecular complexity index is 263. The highest BCUT2D eigenvalue weighted by atomic mass is 16.5. The molecule has 0 aromatic carbocycles. The fourth-order valence-electron chi connectivity index (χ4n) is 1.55. The average Bonchev–Trinajstić information content (AvgIpc) is 3.05. The number of rotatable bonds is 7. The standard InChI is InChI=1S/C11H19NO4/c1-8(11(14)15)7-12(9-3-4-9)10(13)5-6-16-2/h8-9H,3-7H2,1-2H3,(H,14,15). The van der Waals surface area contributed by atoms with E-state index in [1.807, 2.05) is 0 Å². The molecule has 1 aliphatic carbocycles. The largest absolute Gasteiger partial charge is 0.481 e. The van der Waals surface area contributed by atoms with Crippen molar-refractivity contribution in [2.75, 3.05) is 20.3 Å². The van der Waals surface area contributed by atoms with Crippen LogP contribution < -0.4 is 0 Å². The van der Waals surface area contributed by atoms with Gasteiger partial charge >= 0.3 is 5.97 Å². The van der Waals surface area contributed by atoms with Crippen LogP contribution in [0.2, 0.25) is 0 Å². The number of amides is 1. The number of aliphatic carboxylic acids is 1. The molecule has 5 heteroatoms. The van der Waals surface area contributed by atoms with Crippen molar-refractivity contribution in [2.45, 2.75) is 32.2 Å². The summed E-state index contributed by atoms with van der Waals surface area (Å²) >= 11 is 0. The lowest BCUT2D eigenvalue weighted by molar-refractivity contribution is -0.143. The van der Waals surface area contributed by atoms with Crippen LogP contribution >= 0.6 is 0 Å². The molecular weight excluding hydrogens is 210 g/mol. The Morgan fingerprint density at radius 1 is 1.50 bits per heavy atom. The van der Waals surface area contributed by atoms with Crippen molar-refractivity contribution < 1.29 is 19.4 Å². The number of ether oxygens (including phenoxy) is 1. The number of carbonyl (C=O) groups is 2. The molecule has 1 N–H and O–H groups in total. The Morgan fingerprint density at radius 3 is 2.56 bits per heavy atom. The molecule has 0 aromatic rings. The minimum absolute atomic E-state index is 0.00236. The first-order chi connectivity index (χ1) is 7.56. The SMILES string of the molecule is COCCC(=O)N(CC(C)C(=O)O)C1CC1. The van der Waals surface area contributed by atoms with E-state index in [2.05, 4.69) is 0 Å². The number of carboxylic acids is 1. The molecule has 0 aliphatic heterocycles. The summed E-state index contributed by atoms with van der Waals surface area (Å²) in [6.07, 6.45) is 2.31. The van der Waals surface area contributed by atoms with Crippen molar-refractivity contribution >= 4 is 11.9 Å². The van der Waals surface area contributed by atoms with Crippen LogP contribution in [0.3, 0.4) is 0 Å². The molecule has 5 nitrogen and oxygen atoms in total. The summed E-state index contributed by atoms with van der Waals surface area (Å²) < 4.78 is 4.85. The molecule has 0 spiro atoms. The van der Waals surface area contributed by atoms with E-state index in [1.165, 1.54) is 0 Å². The predicted octanol–water partition coefficient (Wildman–Crippen LogP) is 0.735. The second-order valence-electron chi connectivity index (χ2n) is 4.26. The maximum atomic E-state index is 11.8. The lowest BCUT2D eigenvalue weighted by Crippen LogP contribution is -2.38. The van der Waals surface area contributed by atoms with Crippen LogP contribution in [-0.2, 0) is 14.3 Å². The molecule has 1 atom stereocenters. The van der Waals surface area contributed by atoms with E-state index >= 15 is 0 Å². The normalized spacial score (nSPS) is 16.9. The fourth-order valence-corrected chi connectivity index (χ4v) is 1.55. The Balaban J connectivity index is 2.47. The first kappa shape index (κ1) is 13.0. The van der Waals surface area contributed by atoms with Gasteiger partial charge in [0.15, 0.2) is 0 Å². The van der Waals surface area contributed by atoms with Crippen molar-refractivity contribution in [2.24, 2.45) is 5.92 Å². The van der Waals surface area contributed by atoms with E-state index in [4.69, 9.17) is 9.84 Å². The second-order valence-corrected chi connectivity index (χ2v) is 4.26. The summed E-state index contributed by atoms with van der Waals surface area (Å²) in [5, 5.41) is 8.83. The number of methoxy groups -OCH3 is 1. The van der Waals surface area contributed by atoms with Gasteiger partial charge in [-0.1, -0.05) is 6.92 Å². The monoisotopic (exact) mass is 229 g/mol. The van der Waals surface area contributed by atoms with Crippen molar-refractivity contribution in [3.8, 4) is 0 Å². The molecule has 0 saturated heterocycles. The van der Waals surface area contributed by atoms with Crippen LogP contribution in [0, 0.1) is 5.92 Å². The van der Waals surface area contributed by atoms with Gasteiger partial charge in [-0.25, -0.2) is 0 Å². The van der Waals surface area contributed by atoms with Gasteiger partial charge < -0.3 is 14.7 Å². The lowest BCUT2D eigenvalue weighted by atomic mass is 10.1. The third-order valence-electron chi connectivity index (χ3n) is 2.72. The molecule has 1 saturated carbocycles. The summed E-state index contributed by atoms with van der Waals surface area (Å²) in [6.45, 7) is 2.33. The highest BCUT2D eigenvalue weighted by Gasteiger charge is 2.33. The maximum absolute atomic E-state index is 11.8. The zero-order chi connectivity index (χ0) is 12.1. The van der Waals surface area contributed by atoms with E-state index in [0.717, 1.165) is 12.8 Å². The number of carbonyl (C=O) groups excluding carboxylic acids is 1. The lowest BCUT2D eigenvalue weighted by Gasteiger charge is -2.24. The Labute approximate surface area is 95.4 Å². The highest BCUT2D eigenvalue weighted by molar-refractivity contribution is 5.78. The number of hydrogen-bond donors (Lipinski definition) is 1. The Kier molecular flexibility index (Phi) is 4.73. The quantitative estimate of drug-likeness (QED) is 0.699. The predicted molar refractivity (Wildman–Crippen MR) is 58.0 cm³/mol. The van der Waals surface area contributed by atoms with Gasteiger partial charge in [-0.15, -0.1) is 0 Å². The molecule has 16 heavy (non-hydrogen) atoms. The minimum Gasteiger partial charge on any atom is -0.481 e. The van der Waals surface area contributed by atoms with Gasteiger partial charge in [-0.2, -0.15) is 0 Å². The van der Waals surface area contributed by atoms with Gasteiger partial charge in [-0.05, 0) is 12.8 Å².